The van der Waals surface area contributed by atoms with E-state index in [4.69, 9.17) is 9.15 Å². The fraction of sp³-hybridized carbons (Fsp3) is 0.500. The first kappa shape index (κ1) is 26.3. The van der Waals surface area contributed by atoms with Crippen molar-refractivity contribution in [3.8, 4) is 5.75 Å². The lowest BCUT2D eigenvalue weighted by Gasteiger charge is -2.20. The van der Waals surface area contributed by atoms with Crippen LogP contribution in [0.1, 0.15) is 17.7 Å². The van der Waals surface area contributed by atoms with Gasteiger partial charge in [0, 0.05) is 38.6 Å². The average Bonchev–Trinajstić information content (AvgIpc) is 3.39. The highest BCUT2D eigenvalue weighted by atomic mass is 127. The molecule has 1 aromatic heterocycles. The van der Waals surface area contributed by atoms with Gasteiger partial charge < -0.3 is 19.8 Å². The molecule has 0 bridgehead atoms. The fourth-order valence-corrected chi connectivity index (χ4v) is 3.54. The topological polar surface area (TPSA) is 62.0 Å². The number of alkyl halides is 3. The molecule has 6 nitrogen and oxygen atoms in total. The van der Waals surface area contributed by atoms with Gasteiger partial charge in [0.05, 0.1) is 19.9 Å². The summed E-state index contributed by atoms with van der Waals surface area (Å²) in [6, 6.07) is 11.5. The maximum absolute atomic E-state index is 12.7. The average molecular weight is 566 g/mol. The third-order valence-corrected chi connectivity index (χ3v) is 5.09. The summed E-state index contributed by atoms with van der Waals surface area (Å²) in [6.45, 7) is 1.06. The van der Waals surface area contributed by atoms with Gasteiger partial charge in [-0.2, -0.15) is 13.2 Å². The number of aliphatic imine (C=N–C) groups is 1. The van der Waals surface area contributed by atoms with Gasteiger partial charge in [0.1, 0.15) is 11.5 Å². The highest BCUT2D eigenvalue weighted by Gasteiger charge is 2.34. The Morgan fingerprint density at radius 1 is 1.22 bits per heavy atom. The summed E-state index contributed by atoms with van der Waals surface area (Å²) < 4.78 is 48.5. The minimum Gasteiger partial charge on any atom is -0.497 e. The number of hydrogen-bond acceptors (Lipinski definition) is 4. The number of rotatable bonds is 9. The monoisotopic (exact) mass is 566 g/mol. The molecule has 0 saturated carbocycles. The number of nitrogens with zero attached hydrogens (tertiary/aromatic N) is 2. The van der Waals surface area contributed by atoms with Crippen molar-refractivity contribution in [2.24, 2.45) is 4.99 Å². The molecule has 2 N–H and O–H groups in total. The lowest BCUT2D eigenvalue weighted by Crippen LogP contribution is -2.45. The molecular formula is C22H30F3IN4O2. The van der Waals surface area contributed by atoms with Crippen LogP contribution in [0.25, 0.3) is 0 Å². The van der Waals surface area contributed by atoms with Crippen LogP contribution in [0, 0.1) is 0 Å². The van der Waals surface area contributed by atoms with Crippen LogP contribution in [0.15, 0.2) is 52.1 Å². The fourth-order valence-electron chi connectivity index (χ4n) is 3.54. The molecule has 0 spiro atoms. The lowest BCUT2D eigenvalue weighted by molar-refractivity contribution is -0.143. The maximum atomic E-state index is 12.7. The van der Waals surface area contributed by atoms with Crippen molar-refractivity contribution in [1.82, 2.24) is 15.5 Å². The number of ether oxygens (including phenoxy) is 1. The van der Waals surface area contributed by atoms with Crippen LogP contribution in [0.3, 0.4) is 0 Å². The second-order valence-electron chi connectivity index (χ2n) is 7.56. The molecule has 0 amide bonds. The molecule has 32 heavy (non-hydrogen) atoms. The van der Waals surface area contributed by atoms with Gasteiger partial charge in [-0.3, -0.25) is 9.89 Å². The standard InChI is InChI=1S/C22H29F3N4O2.HI/c1-30-19-6-4-17(5-7-19)8-11-26-21(27-12-9-20-3-2-14-31-20)28-18-10-13-29(15-18)16-22(23,24)25;/h2-7,14,18H,8-13,15-16H2,1H3,(H2,26,27,28);1H. The van der Waals surface area contributed by atoms with Crippen LogP contribution < -0.4 is 15.4 Å². The van der Waals surface area contributed by atoms with Crippen molar-refractivity contribution in [3.63, 3.8) is 0 Å². The predicted octanol–water partition coefficient (Wildman–Crippen LogP) is 3.86. The van der Waals surface area contributed by atoms with Crippen LogP contribution in [-0.2, 0) is 12.8 Å². The third-order valence-electron chi connectivity index (χ3n) is 5.09. The van der Waals surface area contributed by atoms with Gasteiger partial charge >= 0.3 is 6.18 Å². The summed E-state index contributed by atoms with van der Waals surface area (Å²) in [5.74, 6) is 2.26. The molecule has 2 aromatic rings. The zero-order valence-corrected chi connectivity index (χ0v) is 20.4. The molecule has 1 atom stereocenters. The lowest BCUT2D eigenvalue weighted by atomic mass is 10.1. The van der Waals surface area contributed by atoms with Crippen molar-refractivity contribution >= 4 is 29.9 Å². The van der Waals surface area contributed by atoms with E-state index in [9.17, 15) is 13.2 Å². The zero-order chi connectivity index (χ0) is 22.1. The van der Waals surface area contributed by atoms with E-state index in [1.807, 2.05) is 36.4 Å². The van der Waals surface area contributed by atoms with Crippen LogP contribution in [0.5, 0.6) is 5.75 Å². The van der Waals surface area contributed by atoms with Gasteiger partial charge in [0.2, 0.25) is 0 Å². The van der Waals surface area contributed by atoms with Crippen molar-refractivity contribution < 1.29 is 22.3 Å². The van der Waals surface area contributed by atoms with Crippen LogP contribution >= 0.6 is 24.0 Å². The van der Waals surface area contributed by atoms with Crippen LogP contribution in [-0.4, -0.2) is 62.9 Å². The first-order valence-corrected chi connectivity index (χ1v) is 10.4. The number of benzene rings is 1. The Balaban J connectivity index is 0.00000363. The number of likely N-dealkylation sites (tertiary alicyclic amines) is 1. The van der Waals surface area contributed by atoms with Gasteiger partial charge in [0.15, 0.2) is 5.96 Å². The van der Waals surface area contributed by atoms with E-state index in [1.54, 1.807) is 13.4 Å². The molecular weight excluding hydrogens is 536 g/mol. The Hall–Kier alpha value is -1.95. The third kappa shape index (κ3) is 9.27. The van der Waals surface area contributed by atoms with E-state index in [0.717, 1.165) is 23.5 Å². The minimum atomic E-state index is -4.18. The molecule has 1 saturated heterocycles. The Labute approximate surface area is 203 Å². The Kier molecular flexibility index (Phi) is 10.6. The molecule has 1 aliphatic heterocycles. The molecule has 178 valence electrons. The SMILES string of the molecule is COc1ccc(CCNC(=NCCc2ccco2)NC2CCN(CC(F)(F)F)C2)cc1.I. The summed E-state index contributed by atoms with van der Waals surface area (Å²) in [6.07, 6.45) is -0.463. The smallest absolute Gasteiger partial charge is 0.401 e. The van der Waals surface area contributed by atoms with Gasteiger partial charge in [-0.25, -0.2) is 0 Å². The molecule has 10 heteroatoms. The van der Waals surface area contributed by atoms with Gasteiger partial charge in [0.25, 0.3) is 0 Å². The van der Waals surface area contributed by atoms with Crippen molar-refractivity contribution in [1.29, 1.82) is 0 Å². The normalized spacial score (nSPS) is 17.1. The Bertz CT molecular complexity index is 814. The molecule has 1 fully saturated rings. The Morgan fingerprint density at radius 3 is 2.66 bits per heavy atom. The number of hydrogen-bond donors (Lipinski definition) is 2. The zero-order valence-electron chi connectivity index (χ0n) is 18.0. The molecule has 2 heterocycles. The van der Waals surface area contributed by atoms with Crippen LogP contribution in [0.4, 0.5) is 13.2 Å². The van der Waals surface area contributed by atoms with E-state index < -0.39 is 12.7 Å². The first-order valence-electron chi connectivity index (χ1n) is 10.4. The number of halogens is 4. The highest BCUT2D eigenvalue weighted by molar-refractivity contribution is 14.0. The molecule has 1 aliphatic rings. The van der Waals surface area contributed by atoms with Gasteiger partial charge in [-0.15, -0.1) is 24.0 Å². The number of guanidine groups is 1. The maximum Gasteiger partial charge on any atom is 0.401 e. The first-order chi connectivity index (χ1) is 14.9. The predicted molar refractivity (Wildman–Crippen MR) is 129 cm³/mol. The van der Waals surface area contributed by atoms with Gasteiger partial charge in [-0.05, 0) is 42.7 Å². The molecule has 3 rings (SSSR count). The largest absolute Gasteiger partial charge is 0.497 e. The molecule has 1 aromatic carbocycles. The van der Waals surface area contributed by atoms with E-state index in [-0.39, 0.29) is 30.0 Å². The quantitative estimate of drug-likeness (QED) is 0.275. The summed E-state index contributed by atoms with van der Waals surface area (Å²) in [5.41, 5.74) is 1.15. The summed E-state index contributed by atoms with van der Waals surface area (Å²) >= 11 is 0. The number of nitrogens with one attached hydrogen (secondary N) is 2. The molecule has 0 radical (unpaired) electrons. The second-order valence-corrected chi connectivity index (χ2v) is 7.56. The van der Waals surface area contributed by atoms with E-state index in [1.165, 1.54) is 4.90 Å². The van der Waals surface area contributed by atoms with E-state index >= 15 is 0 Å². The minimum absolute atomic E-state index is 0. The number of methoxy groups -OCH3 is 1. The van der Waals surface area contributed by atoms with Crippen molar-refractivity contribution in [2.45, 2.75) is 31.5 Å². The Morgan fingerprint density at radius 2 is 2.00 bits per heavy atom. The van der Waals surface area contributed by atoms with E-state index in [2.05, 4.69) is 15.6 Å². The second kappa shape index (κ2) is 12.9. The summed E-state index contributed by atoms with van der Waals surface area (Å²) in [4.78, 5) is 6.02. The van der Waals surface area contributed by atoms with E-state index in [0.29, 0.717) is 45.0 Å². The summed E-state index contributed by atoms with van der Waals surface area (Å²) in [7, 11) is 1.63. The van der Waals surface area contributed by atoms with Gasteiger partial charge in [-0.1, -0.05) is 12.1 Å². The number of furan rings is 1. The van der Waals surface area contributed by atoms with Crippen molar-refractivity contribution in [3.05, 3.63) is 54.0 Å². The highest BCUT2D eigenvalue weighted by Crippen LogP contribution is 2.20. The van der Waals surface area contributed by atoms with Crippen LogP contribution in [0.2, 0.25) is 0 Å². The summed E-state index contributed by atoms with van der Waals surface area (Å²) in [5, 5.41) is 6.60. The molecule has 1 unspecified atom stereocenters. The van der Waals surface area contributed by atoms with Crippen molar-refractivity contribution in [2.75, 3.05) is 39.8 Å². The molecule has 0 aliphatic carbocycles.